The Bertz CT molecular complexity index is 484. The summed E-state index contributed by atoms with van der Waals surface area (Å²) in [6, 6.07) is 2.58. The van der Waals surface area contributed by atoms with E-state index in [4.69, 9.17) is 9.56 Å². The lowest BCUT2D eigenvalue weighted by Gasteiger charge is -2.05. The van der Waals surface area contributed by atoms with Crippen LogP contribution in [0, 0.1) is 0 Å². The van der Waals surface area contributed by atoms with Crippen LogP contribution in [0.1, 0.15) is 5.76 Å². The predicted octanol–water partition coefficient (Wildman–Crippen LogP) is 1.27. The van der Waals surface area contributed by atoms with Crippen LogP contribution in [0.2, 0.25) is 0 Å². The summed E-state index contributed by atoms with van der Waals surface area (Å²) in [6.07, 6.45) is 0. The number of primary sulfonamides is 1. The molecule has 1 aromatic heterocycles. The molecule has 0 aromatic carbocycles. The number of hydrogen-bond donors (Lipinski definition) is 2. The Morgan fingerprint density at radius 2 is 2.06 bits per heavy atom. The lowest BCUT2D eigenvalue weighted by molar-refractivity contribution is -0.0327. The molecule has 0 spiro atoms. The maximum atomic E-state index is 11.8. The molecule has 0 aliphatic rings. The minimum atomic E-state index is -4.24. The molecular formula is C8H11F3N2O3S2. The van der Waals surface area contributed by atoms with Crippen molar-refractivity contribution in [1.82, 2.24) is 5.32 Å². The summed E-state index contributed by atoms with van der Waals surface area (Å²) >= 11 is -0.131. The minimum Gasteiger partial charge on any atom is -0.447 e. The number of nitrogens with one attached hydrogen (secondary N) is 1. The molecule has 3 N–H and O–H groups in total. The van der Waals surface area contributed by atoms with Crippen molar-refractivity contribution in [1.29, 1.82) is 0 Å². The number of furan rings is 1. The van der Waals surface area contributed by atoms with Crippen molar-refractivity contribution in [3.8, 4) is 0 Å². The van der Waals surface area contributed by atoms with Gasteiger partial charge in [-0.25, -0.2) is 13.6 Å². The molecule has 0 amide bonds. The van der Waals surface area contributed by atoms with E-state index in [0.717, 1.165) is 0 Å². The minimum absolute atomic E-state index is 0.121. The van der Waals surface area contributed by atoms with Gasteiger partial charge >= 0.3 is 5.51 Å². The molecule has 5 nitrogen and oxygen atoms in total. The fourth-order valence-corrected chi connectivity index (χ4v) is 2.02. The van der Waals surface area contributed by atoms with Gasteiger partial charge in [0.05, 0.1) is 6.54 Å². The zero-order chi connectivity index (χ0) is 13.8. The molecule has 1 aromatic rings. The first kappa shape index (κ1) is 15.3. The van der Waals surface area contributed by atoms with Crippen molar-refractivity contribution in [2.45, 2.75) is 17.1 Å². The van der Waals surface area contributed by atoms with Crippen molar-refractivity contribution in [3.05, 3.63) is 17.9 Å². The van der Waals surface area contributed by atoms with Crippen molar-refractivity contribution in [2.24, 2.45) is 5.14 Å². The second-order valence-corrected chi connectivity index (χ2v) is 5.89. The van der Waals surface area contributed by atoms with Gasteiger partial charge in [0.25, 0.3) is 10.0 Å². The molecule has 10 heteroatoms. The van der Waals surface area contributed by atoms with Crippen LogP contribution < -0.4 is 10.5 Å². The van der Waals surface area contributed by atoms with Crippen LogP contribution in [-0.2, 0) is 16.6 Å². The summed E-state index contributed by atoms with van der Waals surface area (Å²) < 4.78 is 62.0. The third-order valence-corrected chi connectivity index (χ3v) is 3.28. The molecule has 0 radical (unpaired) electrons. The fourth-order valence-electron chi connectivity index (χ4n) is 1.06. The topological polar surface area (TPSA) is 85.3 Å². The zero-order valence-corrected chi connectivity index (χ0v) is 10.7. The Kier molecular flexibility index (Phi) is 5.08. The second kappa shape index (κ2) is 5.95. The van der Waals surface area contributed by atoms with Gasteiger partial charge in [0, 0.05) is 12.3 Å². The monoisotopic (exact) mass is 304 g/mol. The Morgan fingerprint density at radius 3 is 2.56 bits per heavy atom. The van der Waals surface area contributed by atoms with Crippen LogP contribution in [-0.4, -0.2) is 26.2 Å². The fraction of sp³-hybridized carbons (Fsp3) is 0.500. The maximum absolute atomic E-state index is 11.8. The highest BCUT2D eigenvalue weighted by molar-refractivity contribution is 8.00. The highest BCUT2D eigenvalue weighted by Crippen LogP contribution is 2.29. The van der Waals surface area contributed by atoms with E-state index in [1.54, 1.807) is 0 Å². The Labute approximate surface area is 106 Å². The normalized spacial score (nSPS) is 12.9. The first-order valence-electron chi connectivity index (χ1n) is 4.71. The lowest BCUT2D eigenvalue weighted by Crippen LogP contribution is -2.18. The number of halogens is 3. The van der Waals surface area contributed by atoms with Gasteiger partial charge in [-0.05, 0) is 23.9 Å². The molecule has 0 atom stereocenters. The first-order valence-corrected chi connectivity index (χ1v) is 7.24. The maximum Gasteiger partial charge on any atom is 0.441 e. The molecule has 0 saturated heterocycles. The van der Waals surface area contributed by atoms with Gasteiger partial charge in [0.15, 0.2) is 0 Å². The SMILES string of the molecule is NS(=O)(=O)c1ccc(CNCCSC(F)(F)F)o1. The number of nitrogens with two attached hydrogens (primary N) is 1. The van der Waals surface area contributed by atoms with Crippen molar-refractivity contribution >= 4 is 21.8 Å². The largest absolute Gasteiger partial charge is 0.447 e. The van der Waals surface area contributed by atoms with Crippen LogP contribution in [0.3, 0.4) is 0 Å². The third-order valence-electron chi connectivity index (χ3n) is 1.76. The molecule has 0 aliphatic heterocycles. The Morgan fingerprint density at radius 1 is 1.39 bits per heavy atom. The van der Waals surface area contributed by atoms with Crippen LogP contribution >= 0.6 is 11.8 Å². The Hall–Kier alpha value is -0.710. The third kappa shape index (κ3) is 5.76. The van der Waals surface area contributed by atoms with Crippen LogP contribution in [0.15, 0.2) is 21.6 Å². The van der Waals surface area contributed by atoms with Gasteiger partial charge in [-0.3, -0.25) is 0 Å². The van der Waals surface area contributed by atoms with Crippen LogP contribution in [0.25, 0.3) is 0 Å². The summed E-state index contributed by atoms with van der Waals surface area (Å²) in [5, 5.41) is 7.14. The van der Waals surface area contributed by atoms with Gasteiger partial charge < -0.3 is 9.73 Å². The highest BCUT2D eigenvalue weighted by atomic mass is 32.2. The van der Waals surface area contributed by atoms with E-state index in [1.165, 1.54) is 12.1 Å². The van der Waals surface area contributed by atoms with E-state index >= 15 is 0 Å². The number of hydrogen-bond acceptors (Lipinski definition) is 5. The van der Waals surface area contributed by atoms with Crippen molar-refractivity contribution in [3.63, 3.8) is 0 Å². The van der Waals surface area contributed by atoms with Gasteiger partial charge in [0.1, 0.15) is 5.76 Å². The van der Waals surface area contributed by atoms with E-state index in [1.807, 2.05) is 0 Å². The quantitative estimate of drug-likeness (QED) is 0.773. The molecule has 104 valence electrons. The number of sulfonamides is 1. The summed E-state index contributed by atoms with van der Waals surface area (Å²) in [4.78, 5) is 0. The highest BCUT2D eigenvalue weighted by Gasteiger charge is 2.27. The molecule has 18 heavy (non-hydrogen) atoms. The van der Waals surface area contributed by atoms with E-state index in [0.29, 0.717) is 0 Å². The van der Waals surface area contributed by atoms with Crippen molar-refractivity contribution < 1.29 is 26.0 Å². The lowest BCUT2D eigenvalue weighted by atomic mass is 10.4. The molecule has 1 heterocycles. The molecule has 0 aliphatic carbocycles. The summed E-state index contributed by atoms with van der Waals surface area (Å²) in [5.74, 6) is 0.155. The number of rotatable bonds is 6. The van der Waals surface area contributed by atoms with Gasteiger partial charge in [0.2, 0.25) is 5.09 Å². The average molecular weight is 304 g/mol. The summed E-state index contributed by atoms with van der Waals surface area (Å²) in [5.41, 5.74) is -4.24. The standard InChI is InChI=1S/C8H11F3N2O3S2/c9-8(10,11)17-4-3-13-5-6-1-2-7(16-6)18(12,14)15/h1-2,13H,3-5H2,(H2,12,14,15). The van der Waals surface area contributed by atoms with Gasteiger partial charge in [-0.2, -0.15) is 13.2 Å². The molecule has 0 saturated carbocycles. The molecular weight excluding hydrogens is 293 g/mol. The van der Waals surface area contributed by atoms with E-state index in [9.17, 15) is 21.6 Å². The Balaban J connectivity index is 2.31. The van der Waals surface area contributed by atoms with Crippen LogP contribution in [0.5, 0.6) is 0 Å². The first-order chi connectivity index (χ1) is 8.18. The van der Waals surface area contributed by atoms with E-state index in [2.05, 4.69) is 5.32 Å². The molecule has 0 bridgehead atoms. The van der Waals surface area contributed by atoms with Gasteiger partial charge in [-0.1, -0.05) is 0 Å². The predicted molar refractivity (Wildman–Crippen MR) is 60.3 cm³/mol. The van der Waals surface area contributed by atoms with Crippen molar-refractivity contribution in [2.75, 3.05) is 12.3 Å². The molecule has 1 rings (SSSR count). The average Bonchev–Trinajstić information content (AvgIpc) is 2.63. The van der Waals surface area contributed by atoms with E-state index < -0.39 is 15.5 Å². The number of thioether (sulfide) groups is 1. The molecule has 0 unspecified atom stereocenters. The smallest absolute Gasteiger partial charge is 0.441 e. The summed E-state index contributed by atoms with van der Waals surface area (Å²) in [7, 11) is -3.88. The van der Waals surface area contributed by atoms with Crippen LogP contribution in [0.4, 0.5) is 13.2 Å². The number of alkyl halides is 3. The van der Waals surface area contributed by atoms with Gasteiger partial charge in [-0.15, -0.1) is 0 Å². The summed E-state index contributed by atoms with van der Waals surface area (Å²) in [6.45, 7) is 0.253. The zero-order valence-electron chi connectivity index (χ0n) is 9.03. The molecule has 0 fully saturated rings. The van der Waals surface area contributed by atoms with E-state index in [-0.39, 0.29) is 41.5 Å². The second-order valence-electron chi connectivity index (χ2n) is 3.24.